The third-order valence-corrected chi connectivity index (χ3v) is 7.01. The van der Waals surface area contributed by atoms with Gasteiger partial charge in [-0.2, -0.15) is 14.8 Å². The van der Waals surface area contributed by atoms with E-state index in [1.54, 1.807) is 6.07 Å². The highest BCUT2D eigenvalue weighted by Crippen LogP contribution is 2.33. The molecule has 1 aliphatic rings. The van der Waals surface area contributed by atoms with Gasteiger partial charge in [0.2, 0.25) is 10.0 Å². The molecule has 0 radical (unpaired) electrons. The second kappa shape index (κ2) is 8.19. The van der Waals surface area contributed by atoms with Crippen LogP contribution in [-0.2, 0) is 10.0 Å². The van der Waals surface area contributed by atoms with E-state index in [0.29, 0.717) is 0 Å². The van der Waals surface area contributed by atoms with Crippen LogP contribution in [0.25, 0.3) is 0 Å². The maximum atomic E-state index is 13.8. The SMILES string of the molecule is N#Cc1ccc(S(=O)(=O)N2CC(Oc3ccc(C#N)c(F)c3)[C@@](O)(CO)C2)c(Cl)c1. The molecule has 1 aliphatic heterocycles. The first-order chi connectivity index (χ1) is 14.1. The summed E-state index contributed by atoms with van der Waals surface area (Å²) in [6, 6.07) is 10.6. The smallest absolute Gasteiger partial charge is 0.244 e. The zero-order valence-electron chi connectivity index (χ0n) is 15.3. The number of aliphatic hydroxyl groups excluding tert-OH is 1. The fourth-order valence-corrected chi connectivity index (χ4v) is 5.07. The number of nitriles is 2. The average Bonchev–Trinajstić information content (AvgIpc) is 3.05. The van der Waals surface area contributed by atoms with Gasteiger partial charge in [-0.05, 0) is 30.3 Å². The Morgan fingerprint density at radius 1 is 1.27 bits per heavy atom. The van der Waals surface area contributed by atoms with Crippen LogP contribution in [0, 0.1) is 28.5 Å². The maximum absolute atomic E-state index is 13.8. The van der Waals surface area contributed by atoms with Gasteiger partial charge in [-0.1, -0.05) is 11.6 Å². The number of rotatable bonds is 5. The van der Waals surface area contributed by atoms with Gasteiger partial charge in [0, 0.05) is 12.6 Å². The Morgan fingerprint density at radius 2 is 2.00 bits per heavy atom. The van der Waals surface area contributed by atoms with Crippen molar-refractivity contribution in [2.75, 3.05) is 19.7 Å². The molecule has 1 unspecified atom stereocenters. The lowest BCUT2D eigenvalue weighted by Crippen LogP contribution is -2.48. The Kier molecular flexibility index (Phi) is 5.99. The van der Waals surface area contributed by atoms with E-state index in [0.717, 1.165) is 10.4 Å². The third kappa shape index (κ3) is 3.97. The van der Waals surface area contributed by atoms with Crippen LogP contribution in [0.1, 0.15) is 11.1 Å². The van der Waals surface area contributed by atoms with Crippen molar-refractivity contribution in [2.45, 2.75) is 16.6 Å². The molecule has 2 atom stereocenters. The van der Waals surface area contributed by atoms with E-state index in [2.05, 4.69) is 0 Å². The van der Waals surface area contributed by atoms with E-state index in [1.165, 1.54) is 30.3 Å². The molecular formula is C19H15ClFN3O5S. The van der Waals surface area contributed by atoms with Crippen molar-refractivity contribution in [3.63, 3.8) is 0 Å². The van der Waals surface area contributed by atoms with Gasteiger partial charge in [0.15, 0.2) is 0 Å². The van der Waals surface area contributed by atoms with Crippen molar-refractivity contribution < 1.29 is 27.8 Å². The van der Waals surface area contributed by atoms with Crippen LogP contribution in [0.5, 0.6) is 5.75 Å². The van der Waals surface area contributed by atoms with Crippen LogP contribution < -0.4 is 4.74 Å². The summed E-state index contributed by atoms with van der Waals surface area (Å²) in [6.07, 6.45) is -1.22. The predicted octanol–water partition coefficient (Wildman–Crippen LogP) is 1.40. The summed E-state index contributed by atoms with van der Waals surface area (Å²) in [7, 11) is -4.20. The lowest BCUT2D eigenvalue weighted by Gasteiger charge is -2.27. The van der Waals surface area contributed by atoms with Gasteiger partial charge < -0.3 is 14.9 Å². The van der Waals surface area contributed by atoms with E-state index in [9.17, 15) is 23.0 Å². The minimum atomic E-state index is -4.20. The van der Waals surface area contributed by atoms with Gasteiger partial charge in [-0.3, -0.25) is 0 Å². The first-order valence-corrected chi connectivity index (χ1v) is 10.4. The largest absolute Gasteiger partial charge is 0.486 e. The molecule has 1 fully saturated rings. The zero-order chi connectivity index (χ0) is 22.1. The molecule has 0 amide bonds. The molecule has 2 N–H and O–H groups in total. The third-order valence-electron chi connectivity index (χ3n) is 4.71. The van der Waals surface area contributed by atoms with Crippen molar-refractivity contribution in [2.24, 2.45) is 0 Å². The molecule has 1 saturated heterocycles. The first kappa shape index (κ1) is 22.0. The van der Waals surface area contributed by atoms with Gasteiger partial charge in [0.1, 0.15) is 34.2 Å². The lowest BCUT2D eigenvalue weighted by atomic mass is 10.0. The Labute approximate surface area is 177 Å². The summed E-state index contributed by atoms with van der Waals surface area (Å²) in [6.45, 7) is -1.66. The highest BCUT2D eigenvalue weighted by Gasteiger charge is 2.51. The summed E-state index contributed by atoms with van der Waals surface area (Å²) in [5, 5.41) is 37.9. The van der Waals surface area contributed by atoms with Crippen molar-refractivity contribution in [1.29, 1.82) is 10.5 Å². The molecule has 156 valence electrons. The van der Waals surface area contributed by atoms with E-state index in [-0.39, 0.29) is 33.3 Å². The quantitative estimate of drug-likeness (QED) is 0.701. The molecule has 0 spiro atoms. The standard InChI is InChI=1S/C19H15ClFN3O5S/c20-15-5-12(7-22)1-4-17(15)30(27,28)24-9-18(19(26,10-24)11-25)29-14-3-2-13(8-23)16(21)6-14/h1-6,18,25-26H,9-11H2/t18?,19-/m0/s1. The summed E-state index contributed by atoms with van der Waals surface area (Å²) in [5.41, 5.74) is -1.99. The van der Waals surface area contributed by atoms with Crippen molar-refractivity contribution >= 4 is 21.6 Å². The van der Waals surface area contributed by atoms with Gasteiger partial charge >= 0.3 is 0 Å². The Morgan fingerprint density at radius 3 is 2.57 bits per heavy atom. The minimum Gasteiger partial charge on any atom is -0.486 e. The molecule has 0 saturated carbocycles. The molecule has 0 bridgehead atoms. The number of β-amino-alcohol motifs (C(OH)–C–C–N with tert-alkyl or cyclic N) is 1. The number of aliphatic hydroxyl groups is 2. The fraction of sp³-hybridized carbons (Fsp3) is 0.263. The molecule has 0 aromatic heterocycles. The van der Waals surface area contributed by atoms with Crippen molar-refractivity contribution in [3.8, 4) is 17.9 Å². The molecular weight excluding hydrogens is 437 g/mol. The van der Waals surface area contributed by atoms with Crippen LogP contribution in [0.15, 0.2) is 41.3 Å². The predicted molar refractivity (Wildman–Crippen MR) is 102 cm³/mol. The average molecular weight is 452 g/mol. The number of sulfonamides is 1. The molecule has 2 aromatic rings. The normalized spacial score (nSPS) is 21.7. The molecule has 0 aliphatic carbocycles. The van der Waals surface area contributed by atoms with Gasteiger partial charge in [0.25, 0.3) is 0 Å². The van der Waals surface area contributed by atoms with E-state index in [1.807, 2.05) is 6.07 Å². The van der Waals surface area contributed by atoms with Crippen LogP contribution in [0.2, 0.25) is 5.02 Å². The van der Waals surface area contributed by atoms with Gasteiger partial charge in [0.05, 0.1) is 35.4 Å². The molecule has 30 heavy (non-hydrogen) atoms. The topological polar surface area (TPSA) is 135 Å². The van der Waals surface area contributed by atoms with Crippen molar-refractivity contribution in [3.05, 3.63) is 58.4 Å². The molecule has 3 rings (SSSR count). The van der Waals surface area contributed by atoms with Crippen LogP contribution >= 0.6 is 11.6 Å². The molecule has 2 aromatic carbocycles. The molecule has 1 heterocycles. The summed E-state index contributed by atoms with van der Waals surface area (Å²) < 4.78 is 46.3. The van der Waals surface area contributed by atoms with E-state index < -0.39 is 40.7 Å². The summed E-state index contributed by atoms with van der Waals surface area (Å²) >= 11 is 6.02. The summed E-state index contributed by atoms with van der Waals surface area (Å²) in [5.74, 6) is -0.881. The number of benzene rings is 2. The molecule has 11 heteroatoms. The van der Waals surface area contributed by atoms with Gasteiger partial charge in [-0.15, -0.1) is 0 Å². The minimum absolute atomic E-state index is 0.0426. The lowest BCUT2D eigenvalue weighted by molar-refractivity contribution is -0.0641. The number of nitrogens with zero attached hydrogens (tertiary/aromatic N) is 3. The fourth-order valence-electron chi connectivity index (χ4n) is 3.05. The number of halogens is 2. The monoisotopic (exact) mass is 451 g/mol. The first-order valence-electron chi connectivity index (χ1n) is 8.54. The van der Waals surface area contributed by atoms with Crippen LogP contribution in [-0.4, -0.2) is 54.3 Å². The number of hydrogen-bond acceptors (Lipinski definition) is 7. The van der Waals surface area contributed by atoms with E-state index in [4.69, 9.17) is 26.9 Å². The number of hydrogen-bond donors (Lipinski definition) is 2. The second-order valence-electron chi connectivity index (χ2n) is 6.68. The Hall–Kier alpha value is -2.73. The van der Waals surface area contributed by atoms with Crippen LogP contribution in [0.4, 0.5) is 4.39 Å². The Balaban J connectivity index is 1.90. The van der Waals surface area contributed by atoms with Crippen LogP contribution in [0.3, 0.4) is 0 Å². The Bertz CT molecular complexity index is 1180. The van der Waals surface area contributed by atoms with E-state index >= 15 is 0 Å². The number of ether oxygens (including phenoxy) is 1. The van der Waals surface area contributed by atoms with Crippen molar-refractivity contribution in [1.82, 2.24) is 4.31 Å². The zero-order valence-corrected chi connectivity index (χ0v) is 16.9. The summed E-state index contributed by atoms with van der Waals surface area (Å²) in [4.78, 5) is -0.270. The second-order valence-corrected chi connectivity index (χ2v) is 8.99. The van der Waals surface area contributed by atoms with Gasteiger partial charge in [-0.25, -0.2) is 12.8 Å². The maximum Gasteiger partial charge on any atom is 0.244 e. The molecule has 8 nitrogen and oxygen atoms in total. The highest BCUT2D eigenvalue weighted by atomic mass is 35.5. The highest BCUT2D eigenvalue weighted by molar-refractivity contribution is 7.89.